The Balaban J connectivity index is 1.84. The van der Waals surface area contributed by atoms with E-state index in [1.807, 2.05) is 37.3 Å². The molecular formula is C17H16Cl2O2. The zero-order valence-corrected chi connectivity index (χ0v) is 13.2. The van der Waals surface area contributed by atoms with Gasteiger partial charge in [0.25, 0.3) is 0 Å². The van der Waals surface area contributed by atoms with E-state index in [2.05, 4.69) is 0 Å². The van der Waals surface area contributed by atoms with Gasteiger partial charge >= 0.3 is 0 Å². The number of carbonyl (C=O) groups is 1. The van der Waals surface area contributed by atoms with E-state index in [1.165, 1.54) is 0 Å². The summed E-state index contributed by atoms with van der Waals surface area (Å²) in [5.74, 6) is 0.857. The van der Waals surface area contributed by atoms with Gasteiger partial charge in [-0.1, -0.05) is 47.5 Å². The maximum atomic E-state index is 12.0. The van der Waals surface area contributed by atoms with Crippen molar-refractivity contribution in [2.45, 2.75) is 19.8 Å². The van der Waals surface area contributed by atoms with Crippen molar-refractivity contribution in [1.82, 2.24) is 0 Å². The minimum Gasteiger partial charge on any atom is -0.493 e. The van der Waals surface area contributed by atoms with Crippen LogP contribution in [0.3, 0.4) is 0 Å². The van der Waals surface area contributed by atoms with E-state index in [9.17, 15) is 4.79 Å². The summed E-state index contributed by atoms with van der Waals surface area (Å²) in [6, 6.07) is 13.1. The first-order valence-electron chi connectivity index (χ1n) is 6.70. The van der Waals surface area contributed by atoms with Crippen molar-refractivity contribution in [3.8, 4) is 5.75 Å². The van der Waals surface area contributed by atoms with Crippen LogP contribution in [0, 0.1) is 6.92 Å². The lowest BCUT2D eigenvalue weighted by Gasteiger charge is -2.07. The summed E-state index contributed by atoms with van der Waals surface area (Å²) in [6.07, 6.45) is 0.618. The molecule has 0 spiro atoms. The Morgan fingerprint density at radius 3 is 2.67 bits per heavy atom. The summed E-state index contributed by atoms with van der Waals surface area (Å²) in [5, 5.41) is 0.921. The number of Topliss-reactive ketones (excluding diaryl/α,β-unsaturated/α-hetero) is 1. The molecule has 2 aromatic rings. The number of hydrogen-bond acceptors (Lipinski definition) is 2. The molecule has 0 saturated heterocycles. The van der Waals surface area contributed by atoms with Crippen LogP contribution in [-0.4, -0.2) is 12.4 Å². The number of ether oxygens (including phenoxy) is 1. The number of carbonyl (C=O) groups excluding carboxylic acids is 1. The molecule has 0 N–H and O–H groups in total. The summed E-state index contributed by atoms with van der Waals surface area (Å²) >= 11 is 12.0. The van der Waals surface area contributed by atoms with Crippen molar-refractivity contribution in [1.29, 1.82) is 0 Å². The lowest BCUT2D eigenvalue weighted by molar-refractivity contribution is -0.118. The van der Waals surface area contributed by atoms with E-state index < -0.39 is 0 Å². The Morgan fingerprint density at radius 2 is 1.90 bits per heavy atom. The number of halogens is 2. The highest BCUT2D eigenvalue weighted by Gasteiger charge is 2.09. The van der Waals surface area contributed by atoms with Crippen molar-refractivity contribution in [3.63, 3.8) is 0 Å². The molecule has 0 heterocycles. The Kier molecular flexibility index (Phi) is 5.66. The molecule has 0 fully saturated rings. The van der Waals surface area contributed by atoms with E-state index in [-0.39, 0.29) is 12.2 Å². The van der Waals surface area contributed by atoms with Crippen molar-refractivity contribution in [2.75, 3.05) is 6.61 Å². The molecule has 0 aliphatic heterocycles. The molecule has 4 heteroatoms. The monoisotopic (exact) mass is 322 g/mol. The Hall–Kier alpha value is -1.51. The van der Waals surface area contributed by atoms with Gasteiger partial charge in [-0.2, -0.15) is 0 Å². The number of ketones is 1. The number of benzene rings is 2. The largest absolute Gasteiger partial charge is 0.493 e. The third-order valence-electron chi connectivity index (χ3n) is 3.06. The summed E-state index contributed by atoms with van der Waals surface area (Å²) in [7, 11) is 0. The van der Waals surface area contributed by atoms with E-state index in [0.29, 0.717) is 23.1 Å². The minimum atomic E-state index is 0.0758. The number of hydrogen-bond donors (Lipinski definition) is 0. The van der Waals surface area contributed by atoms with Crippen molar-refractivity contribution >= 4 is 29.0 Å². The normalized spacial score (nSPS) is 10.4. The zero-order valence-electron chi connectivity index (χ0n) is 11.7. The summed E-state index contributed by atoms with van der Waals surface area (Å²) in [6.45, 7) is 2.36. The van der Waals surface area contributed by atoms with E-state index in [1.54, 1.807) is 12.1 Å². The molecule has 21 heavy (non-hydrogen) atoms. The van der Waals surface area contributed by atoms with Gasteiger partial charge in [-0.3, -0.25) is 4.79 Å². The van der Waals surface area contributed by atoms with Crippen LogP contribution in [0.5, 0.6) is 5.75 Å². The fourth-order valence-electron chi connectivity index (χ4n) is 1.97. The maximum absolute atomic E-state index is 12.0. The van der Waals surface area contributed by atoms with Gasteiger partial charge in [-0.15, -0.1) is 0 Å². The molecule has 0 aliphatic rings. The SMILES string of the molecule is Cc1cccc(OCCC(=O)Cc2cccc(Cl)c2Cl)c1. The predicted molar refractivity (Wildman–Crippen MR) is 86.5 cm³/mol. The summed E-state index contributed by atoms with van der Waals surface area (Å²) in [4.78, 5) is 12.0. The van der Waals surface area contributed by atoms with Crippen LogP contribution in [0.25, 0.3) is 0 Å². The fraction of sp³-hybridized carbons (Fsp3) is 0.235. The standard InChI is InChI=1S/C17H16Cl2O2/c1-12-4-2-6-15(10-12)21-9-8-14(20)11-13-5-3-7-16(18)17(13)19/h2-7,10H,8-9,11H2,1H3. The minimum absolute atomic E-state index is 0.0758. The van der Waals surface area contributed by atoms with Crippen molar-refractivity contribution in [2.24, 2.45) is 0 Å². The van der Waals surface area contributed by atoms with Gasteiger partial charge in [-0.05, 0) is 36.2 Å². The van der Waals surface area contributed by atoms with Crippen molar-refractivity contribution < 1.29 is 9.53 Å². The summed E-state index contributed by atoms with van der Waals surface area (Å²) < 4.78 is 5.57. The van der Waals surface area contributed by atoms with Gasteiger partial charge in [0.1, 0.15) is 11.5 Å². The van der Waals surface area contributed by atoms with Crippen LogP contribution in [0.2, 0.25) is 10.0 Å². The third-order valence-corrected chi connectivity index (χ3v) is 3.92. The number of aryl methyl sites for hydroxylation is 1. The predicted octanol–water partition coefficient (Wildman–Crippen LogP) is 4.88. The Morgan fingerprint density at radius 1 is 1.14 bits per heavy atom. The van der Waals surface area contributed by atoms with E-state index in [4.69, 9.17) is 27.9 Å². The van der Waals surface area contributed by atoms with Crippen LogP contribution >= 0.6 is 23.2 Å². The molecule has 0 saturated carbocycles. The van der Waals surface area contributed by atoms with Crippen LogP contribution in [-0.2, 0) is 11.2 Å². The molecule has 0 amide bonds. The molecule has 2 rings (SSSR count). The van der Waals surface area contributed by atoms with Crippen LogP contribution < -0.4 is 4.74 Å². The molecular weight excluding hydrogens is 307 g/mol. The molecule has 0 bridgehead atoms. The second kappa shape index (κ2) is 7.48. The molecule has 110 valence electrons. The molecule has 0 aliphatic carbocycles. The molecule has 2 nitrogen and oxygen atoms in total. The van der Waals surface area contributed by atoms with Gasteiger partial charge in [0.05, 0.1) is 16.7 Å². The first-order valence-corrected chi connectivity index (χ1v) is 7.46. The molecule has 0 unspecified atom stereocenters. The van der Waals surface area contributed by atoms with E-state index >= 15 is 0 Å². The average molecular weight is 323 g/mol. The lowest BCUT2D eigenvalue weighted by atomic mass is 10.1. The summed E-state index contributed by atoms with van der Waals surface area (Å²) in [5.41, 5.74) is 1.88. The first kappa shape index (κ1) is 15.9. The highest BCUT2D eigenvalue weighted by atomic mass is 35.5. The highest BCUT2D eigenvalue weighted by Crippen LogP contribution is 2.26. The van der Waals surface area contributed by atoms with Gasteiger partial charge in [-0.25, -0.2) is 0 Å². The van der Waals surface area contributed by atoms with E-state index in [0.717, 1.165) is 16.9 Å². The zero-order chi connectivity index (χ0) is 15.2. The molecule has 0 aromatic heterocycles. The van der Waals surface area contributed by atoms with Gasteiger partial charge in [0.2, 0.25) is 0 Å². The highest BCUT2D eigenvalue weighted by molar-refractivity contribution is 6.42. The topological polar surface area (TPSA) is 26.3 Å². The quantitative estimate of drug-likeness (QED) is 0.757. The van der Waals surface area contributed by atoms with Gasteiger partial charge < -0.3 is 4.74 Å². The maximum Gasteiger partial charge on any atom is 0.140 e. The van der Waals surface area contributed by atoms with Crippen LogP contribution in [0.4, 0.5) is 0 Å². The van der Waals surface area contributed by atoms with Crippen molar-refractivity contribution in [3.05, 3.63) is 63.6 Å². The smallest absolute Gasteiger partial charge is 0.140 e. The second-order valence-corrected chi connectivity index (χ2v) is 5.63. The van der Waals surface area contributed by atoms with Crippen LogP contribution in [0.1, 0.15) is 17.5 Å². The molecule has 0 atom stereocenters. The van der Waals surface area contributed by atoms with Gasteiger partial charge in [0, 0.05) is 12.8 Å². The fourth-order valence-corrected chi connectivity index (χ4v) is 2.36. The molecule has 2 aromatic carbocycles. The average Bonchev–Trinajstić information content (AvgIpc) is 2.44. The van der Waals surface area contributed by atoms with Crippen LogP contribution in [0.15, 0.2) is 42.5 Å². The van der Waals surface area contributed by atoms with Gasteiger partial charge in [0.15, 0.2) is 0 Å². The Bertz CT molecular complexity index is 638. The molecule has 0 radical (unpaired) electrons. The second-order valence-electron chi connectivity index (χ2n) is 4.84. The number of rotatable bonds is 6. The third kappa shape index (κ3) is 4.76. The lowest BCUT2D eigenvalue weighted by Crippen LogP contribution is -2.09. The first-order chi connectivity index (χ1) is 10.1. The Labute approximate surface area is 134 Å².